The van der Waals surface area contributed by atoms with E-state index in [9.17, 15) is 4.39 Å². The van der Waals surface area contributed by atoms with Gasteiger partial charge in [0.25, 0.3) is 0 Å². The van der Waals surface area contributed by atoms with Gasteiger partial charge >= 0.3 is 0 Å². The zero-order valence-electron chi connectivity index (χ0n) is 14.1. The molecule has 0 amide bonds. The van der Waals surface area contributed by atoms with Crippen LogP contribution in [0.1, 0.15) is 31.4 Å². The molecular formula is C19H21ClFN3S. The first-order valence-electron chi connectivity index (χ1n) is 8.40. The maximum atomic E-state index is 13.2. The van der Waals surface area contributed by atoms with E-state index in [4.69, 9.17) is 23.8 Å². The highest BCUT2D eigenvalue weighted by atomic mass is 35.5. The van der Waals surface area contributed by atoms with Crippen molar-refractivity contribution in [2.45, 2.75) is 25.8 Å². The number of anilines is 2. The number of halogens is 2. The quantitative estimate of drug-likeness (QED) is 0.722. The number of benzene rings is 2. The molecule has 0 aromatic heterocycles. The standard InChI is InChI=1S/C19H21ClFN3S/c1-13(14-4-7-16(8-5-14)24-10-2-3-11-24)22-19(25)23-15-6-9-18(21)17(20)12-15/h4-9,12-13H,2-3,10-11H2,1H3,(H2,22,23,25)/t13-/m0/s1. The van der Waals surface area contributed by atoms with E-state index in [0.717, 1.165) is 18.7 Å². The van der Waals surface area contributed by atoms with Crippen molar-refractivity contribution in [2.75, 3.05) is 23.3 Å². The van der Waals surface area contributed by atoms with E-state index in [1.54, 1.807) is 6.07 Å². The van der Waals surface area contributed by atoms with Gasteiger partial charge in [-0.1, -0.05) is 23.7 Å². The van der Waals surface area contributed by atoms with Crippen LogP contribution in [0.15, 0.2) is 42.5 Å². The lowest BCUT2D eigenvalue weighted by Crippen LogP contribution is -2.30. The van der Waals surface area contributed by atoms with Crippen LogP contribution in [0, 0.1) is 5.82 Å². The zero-order valence-corrected chi connectivity index (χ0v) is 15.6. The molecule has 1 atom stereocenters. The fourth-order valence-electron chi connectivity index (χ4n) is 2.97. The summed E-state index contributed by atoms with van der Waals surface area (Å²) in [4.78, 5) is 2.41. The summed E-state index contributed by atoms with van der Waals surface area (Å²) in [6.45, 7) is 4.33. The van der Waals surface area contributed by atoms with Gasteiger partial charge in [-0.2, -0.15) is 0 Å². The zero-order chi connectivity index (χ0) is 17.8. The van der Waals surface area contributed by atoms with Gasteiger partial charge in [-0.05, 0) is 67.9 Å². The SMILES string of the molecule is C[C@H](NC(=S)Nc1ccc(F)c(Cl)c1)c1ccc(N2CCCC2)cc1. The summed E-state index contributed by atoms with van der Waals surface area (Å²) >= 11 is 11.1. The summed E-state index contributed by atoms with van der Waals surface area (Å²) in [7, 11) is 0. The molecule has 2 N–H and O–H groups in total. The van der Waals surface area contributed by atoms with Crippen LogP contribution in [-0.4, -0.2) is 18.2 Å². The van der Waals surface area contributed by atoms with Crippen molar-refractivity contribution in [1.82, 2.24) is 5.32 Å². The van der Waals surface area contributed by atoms with E-state index >= 15 is 0 Å². The third-order valence-electron chi connectivity index (χ3n) is 4.39. The van der Waals surface area contributed by atoms with Gasteiger partial charge < -0.3 is 15.5 Å². The number of rotatable bonds is 4. The highest BCUT2D eigenvalue weighted by Gasteiger charge is 2.13. The lowest BCUT2D eigenvalue weighted by atomic mass is 10.1. The molecule has 0 radical (unpaired) electrons. The largest absolute Gasteiger partial charge is 0.372 e. The minimum Gasteiger partial charge on any atom is -0.372 e. The lowest BCUT2D eigenvalue weighted by Gasteiger charge is -2.20. The molecule has 1 aliphatic heterocycles. The maximum Gasteiger partial charge on any atom is 0.171 e. The molecule has 1 aliphatic rings. The number of hydrogen-bond donors (Lipinski definition) is 2. The summed E-state index contributed by atoms with van der Waals surface area (Å²) in [5.41, 5.74) is 3.08. The molecule has 0 aliphatic carbocycles. The van der Waals surface area contributed by atoms with Crippen molar-refractivity contribution in [2.24, 2.45) is 0 Å². The molecule has 6 heteroatoms. The van der Waals surface area contributed by atoms with Crippen molar-refractivity contribution >= 4 is 40.3 Å². The van der Waals surface area contributed by atoms with Gasteiger partial charge in [0.15, 0.2) is 5.11 Å². The van der Waals surface area contributed by atoms with Crippen LogP contribution in [0.2, 0.25) is 5.02 Å². The summed E-state index contributed by atoms with van der Waals surface area (Å²) in [5.74, 6) is -0.447. The van der Waals surface area contributed by atoms with E-state index in [1.165, 1.54) is 30.7 Å². The maximum absolute atomic E-state index is 13.2. The minimum atomic E-state index is -0.447. The van der Waals surface area contributed by atoms with Crippen LogP contribution in [0.5, 0.6) is 0 Å². The smallest absolute Gasteiger partial charge is 0.171 e. The summed E-state index contributed by atoms with van der Waals surface area (Å²) in [5, 5.41) is 6.80. The van der Waals surface area contributed by atoms with Crippen molar-refractivity contribution in [3.8, 4) is 0 Å². The third-order valence-corrected chi connectivity index (χ3v) is 4.90. The number of thiocarbonyl (C=S) groups is 1. The van der Waals surface area contributed by atoms with Gasteiger partial charge in [-0.3, -0.25) is 0 Å². The van der Waals surface area contributed by atoms with Gasteiger partial charge in [0.2, 0.25) is 0 Å². The summed E-state index contributed by atoms with van der Waals surface area (Å²) in [6.07, 6.45) is 2.54. The highest BCUT2D eigenvalue weighted by molar-refractivity contribution is 7.80. The Morgan fingerprint density at radius 3 is 2.48 bits per heavy atom. The summed E-state index contributed by atoms with van der Waals surface area (Å²) < 4.78 is 13.2. The van der Waals surface area contributed by atoms with Gasteiger partial charge in [0.05, 0.1) is 11.1 Å². The molecule has 0 bridgehead atoms. The van der Waals surface area contributed by atoms with Gasteiger partial charge in [0.1, 0.15) is 5.82 Å². The molecule has 2 aromatic rings. The predicted molar refractivity (Wildman–Crippen MR) is 107 cm³/mol. The number of nitrogens with one attached hydrogen (secondary N) is 2. The molecule has 0 unspecified atom stereocenters. The lowest BCUT2D eigenvalue weighted by molar-refractivity contribution is 0.628. The Kier molecular flexibility index (Phi) is 5.76. The fraction of sp³-hybridized carbons (Fsp3) is 0.316. The van der Waals surface area contributed by atoms with E-state index in [1.807, 2.05) is 0 Å². The Morgan fingerprint density at radius 2 is 1.84 bits per heavy atom. The molecule has 0 spiro atoms. The first-order valence-corrected chi connectivity index (χ1v) is 9.19. The van der Waals surface area contributed by atoms with Crippen molar-refractivity contribution < 1.29 is 4.39 Å². The second-order valence-electron chi connectivity index (χ2n) is 6.23. The van der Waals surface area contributed by atoms with Crippen LogP contribution in [0.3, 0.4) is 0 Å². The number of nitrogens with zero attached hydrogens (tertiary/aromatic N) is 1. The van der Waals surface area contributed by atoms with Crippen molar-refractivity contribution in [1.29, 1.82) is 0 Å². The Morgan fingerprint density at radius 1 is 1.16 bits per heavy atom. The van der Waals surface area contributed by atoms with Crippen LogP contribution in [-0.2, 0) is 0 Å². The first-order chi connectivity index (χ1) is 12.0. The molecular weight excluding hydrogens is 357 g/mol. The first kappa shape index (κ1) is 18.0. The van der Waals surface area contributed by atoms with E-state index in [2.05, 4.69) is 46.7 Å². The molecule has 2 aromatic carbocycles. The minimum absolute atomic E-state index is 0.0588. The molecule has 1 fully saturated rings. The Bertz CT molecular complexity index is 745. The fourth-order valence-corrected chi connectivity index (χ4v) is 3.45. The Balaban J connectivity index is 1.58. The van der Waals surface area contributed by atoms with Crippen LogP contribution in [0.4, 0.5) is 15.8 Å². The summed E-state index contributed by atoms with van der Waals surface area (Å²) in [6, 6.07) is 13.1. The molecule has 1 heterocycles. The molecule has 0 saturated carbocycles. The second-order valence-corrected chi connectivity index (χ2v) is 7.05. The molecule has 132 valence electrons. The van der Waals surface area contributed by atoms with E-state index in [-0.39, 0.29) is 11.1 Å². The molecule has 3 nitrogen and oxygen atoms in total. The monoisotopic (exact) mass is 377 g/mol. The van der Waals surface area contributed by atoms with Crippen molar-refractivity contribution in [3.05, 3.63) is 58.9 Å². The number of hydrogen-bond acceptors (Lipinski definition) is 2. The van der Waals surface area contributed by atoms with E-state index < -0.39 is 5.82 Å². The highest BCUT2D eigenvalue weighted by Crippen LogP contribution is 2.23. The van der Waals surface area contributed by atoms with Gasteiger partial charge in [0, 0.05) is 24.5 Å². The second kappa shape index (κ2) is 8.02. The molecule has 1 saturated heterocycles. The average molecular weight is 378 g/mol. The average Bonchev–Trinajstić information content (AvgIpc) is 3.13. The van der Waals surface area contributed by atoms with E-state index in [0.29, 0.717) is 10.8 Å². The van der Waals surface area contributed by atoms with Crippen LogP contribution in [0.25, 0.3) is 0 Å². The topological polar surface area (TPSA) is 27.3 Å². The molecule has 3 rings (SSSR count). The normalized spacial score (nSPS) is 15.1. The third kappa shape index (κ3) is 4.61. The van der Waals surface area contributed by atoms with Gasteiger partial charge in [-0.25, -0.2) is 4.39 Å². The molecule has 25 heavy (non-hydrogen) atoms. The van der Waals surface area contributed by atoms with Crippen LogP contribution >= 0.6 is 23.8 Å². The predicted octanol–water partition coefficient (Wildman–Crippen LogP) is 5.13. The Labute approximate surface area is 158 Å². The Hall–Kier alpha value is -1.85. The van der Waals surface area contributed by atoms with Crippen LogP contribution < -0.4 is 15.5 Å². The van der Waals surface area contributed by atoms with Gasteiger partial charge in [-0.15, -0.1) is 0 Å². The van der Waals surface area contributed by atoms with Crippen molar-refractivity contribution in [3.63, 3.8) is 0 Å².